The van der Waals surface area contributed by atoms with E-state index in [-0.39, 0.29) is 35.3 Å². The molecular formula is C23H27N3O4. The summed E-state index contributed by atoms with van der Waals surface area (Å²) in [5.41, 5.74) is 0.564. The fourth-order valence-electron chi connectivity index (χ4n) is 8.27. The van der Waals surface area contributed by atoms with Crippen molar-refractivity contribution in [3.05, 3.63) is 29.6 Å². The number of hydrogen-bond donors (Lipinski definition) is 2. The molecule has 7 rings (SSSR count). The van der Waals surface area contributed by atoms with E-state index in [0.29, 0.717) is 48.6 Å². The maximum Gasteiger partial charge on any atom is 0.272 e. The summed E-state index contributed by atoms with van der Waals surface area (Å²) >= 11 is 0. The van der Waals surface area contributed by atoms with Gasteiger partial charge >= 0.3 is 0 Å². The van der Waals surface area contributed by atoms with Crippen molar-refractivity contribution in [1.29, 1.82) is 0 Å². The first-order chi connectivity index (χ1) is 14.5. The van der Waals surface area contributed by atoms with Crippen LogP contribution in [0.3, 0.4) is 0 Å². The molecule has 2 N–H and O–H groups in total. The van der Waals surface area contributed by atoms with Crippen molar-refractivity contribution in [3.8, 4) is 0 Å². The second-order valence-corrected chi connectivity index (χ2v) is 10.6. The van der Waals surface area contributed by atoms with Gasteiger partial charge in [-0.1, -0.05) is 6.07 Å². The molecule has 3 heterocycles. The van der Waals surface area contributed by atoms with Crippen LogP contribution in [0.25, 0.3) is 0 Å². The van der Waals surface area contributed by atoms with Crippen molar-refractivity contribution in [2.75, 3.05) is 13.1 Å². The summed E-state index contributed by atoms with van der Waals surface area (Å²) in [6.07, 6.45) is 3.21. The van der Waals surface area contributed by atoms with Gasteiger partial charge in [0, 0.05) is 13.1 Å². The Labute approximate surface area is 175 Å². The van der Waals surface area contributed by atoms with Gasteiger partial charge in [0.05, 0.1) is 24.3 Å². The minimum absolute atomic E-state index is 0.0952. The standard InChI is InChI=1S/C23H27N3O4/c27-20-10-4-12-8-25(18(20)14(12)6-10)22(29)16-2-1-3-17(24-16)23(30)26-9-13-5-11-7-15(13)19(26)21(11)28/h1-3,10-15,18-21,27-28H,4-9H2. The molecule has 2 aliphatic heterocycles. The highest BCUT2D eigenvalue weighted by Gasteiger charge is 2.61. The fourth-order valence-corrected chi connectivity index (χ4v) is 8.27. The van der Waals surface area contributed by atoms with Gasteiger partial charge in [0.25, 0.3) is 11.8 Å². The Bertz CT molecular complexity index is 877. The summed E-state index contributed by atoms with van der Waals surface area (Å²) in [4.78, 5) is 34.6. The number of pyridine rings is 1. The molecule has 10 atom stereocenters. The average molecular weight is 409 g/mol. The van der Waals surface area contributed by atoms with Gasteiger partial charge in [-0.25, -0.2) is 4.98 Å². The zero-order valence-electron chi connectivity index (χ0n) is 16.8. The van der Waals surface area contributed by atoms with Crippen LogP contribution in [0.15, 0.2) is 18.2 Å². The minimum atomic E-state index is -0.431. The van der Waals surface area contributed by atoms with Crippen LogP contribution in [0, 0.1) is 35.5 Å². The van der Waals surface area contributed by atoms with E-state index in [2.05, 4.69) is 4.98 Å². The quantitative estimate of drug-likeness (QED) is 0.752. The van der Waals surface area contributed by atoms with Crippen LogP contribution in [0.5, 0.6) is 0 Å². The largest absolute Gasteiger partial charge is 0.391 e. The Hall–Kier alpha value is -1.99. The Morgan fingerprint density at radius 1 is 0.767 bits per heavy atom. The third-order valence-electron chi connectivity index (χ3n) is 9.41. The first-order valence-electron chi connectivity index (χ1n) is 11.5. The van der Waals surface area contributed by atoms with E-state index in [1.807, 2.05) is 9.80 Å². The molecule has 6 fully saturated rings. The number of aliphatic hydroxyl groups excluding tert-OH is 2. The van der Waals surface area contributed by atoms with Crippen molar-refractivity contribution in [1.82, 2.24) is 14.8 Å². The molecule has 7 heteroatoms. The lowest BCUT2D eigenvalue weighted by Crippen LogP contribution is -2.45. The second kappa shape index (κ2) is 5.82. The lowest BCUT2D eigenvalue weighted by molar-refractivity contribution is 0.0389. The highest BCUT2D eigenvalue weighted by Crippen LogP contribution is 2.56. The molecule has 4 bridgehead atoms. The first-order valence-corrected chi connectivity index (χ1v) is 11.5. The maximum atomic E-state index is 13.3. The van der Waals surface area contributed by atoms with Gasteiger partial charge in [0.15, 0.2) is 0 Å². The number of aliphatic hydroxyl groups is 2. The van der Waals surface area contributed by atoms with E-state index in [0.717, 1.165) is 25.7 Å². The molecule has 4 aliphatic carbocycles. The lowest BCUT2D eigenvalue weighted by atomic mass is 9.88. The summed E-state index contributed by atoms with van der Waals surface area (Å²) in [7, 11) is 0. The average Bonchev–Trinajstić information content (AvgIpc) is 3.52. The van der Waals surface area contributed by atoms with Gasteiger partial charge < -0.3 is 20.0 Å². The Balaban J connectivity index is 1.15. The lowest BCUT2D eigenvalue weighted by Gasteiger charge is -2.29. The monoisotopic (exact) mass is 409 g/mol. The highest BCUT2D eigenvalue weighted by molar-refractivity contribution is 5.97. The molecule has 2 amide bonds. The SMILES string of the molecule is O=C(c1cccc(C(=O)N2CC3CC4CC3C2C4O)n1)N1CC2CC3CC2C1C3O. The van der Waals surface area contributed by atoms with Crippen LogP contribution in [0.2, 0.25) is 0 Å². The van der Waals surface area contributed by atoms with Crippen molar-refractivity contribution in [2.45, 2.75) is 50.0 Å². The van der Waals surface area contributed by atoms with E-state index in [1.165, 1.54) is 0 Å². The number of hydrogen-bond acceptors (Lipinski definition) is 5. The second-order valence-electron chi connectivity index (χ2n) is 10.6. The van der Waals surface area contributed by atoms with Crippen LogP contribution < -0.4 is 0 Å². The number of fused-ring (bicyclic) bond motifs is 2. The van der Waals surface area contributed by atoms with Crippen LogP contribution in [-0.4, -0.2) is 74.2 Å². The van der Waals surface area contributed by atoms with Gasteiger partial charge in [-0.2, -0.15) is 0 Å². The number of nitrogens with zero attached hydrogens (tertiary/aromatic N) is 3. The normalized spacial score (nSPS) is 47.0. The molecule has 7 nitrogen and oxygen atoms in total. The Morgan fingerprint density at radius 3 is 1.67 bits per heavy atom. The van der Waals surface area contributed by atoms with Gasteiger partial charge in [0.1, 0.15) is 11.4 Å². The third-order valence-corrected chi connectivity index (χ3v) is 9.41. The predicted octanol–water partition coefficient (Wildman–Crippen LogP) is 0.764. The van der Waals surface area contributed by atoms with Crippen molar-refractivity contribution < 1.29 is 19.8 Å². The number of carbonyl (C=O) groups excluding carboxylic acids is 2. The molecule has 0 radical (unpaired) electrons. The summed E-state index contributed by atoms with van der Waals surface area (Å²) in [6, 6.07) is 4.88. The predicted molar refractivity (Wildman–Crippen MR) is 105 cm³/mol. The molecule has 1 aromatic rings. The Kier molecular flexibility index (Phi) is 3.43. The van der Waals surface area contributed by atoms with E-state index >= 15 is 0 Å². The number of amides is 2. The minimum Gasteiger partial charge on any atom is -0.391 e. The van der Waals surface area contributed by atoms with Crippen LogP contribution >= 0.6 is 0 Å². The molecule has 0 aromatic carbocycles. The molecule has 6 aliphatic rings. The summed E-state index contributed by atoms with van der Waals surface area (Å²) < 4.78 is 0. The molecule has 0 spiro atoms. The summed E-state index contributed by atoms with van der Waals surface area (Å²) in [5, 5.41) is 21.2. The number of rotatable bonds is 2. The van der Waals surface area contributed by atoms with Crippen LogP contribution in [-0.2, 0) is 0 Å². The Morgan fingerprint density at radius 2 is 1.23 bits per heavy atom. The van der Waals surface area contributed by atoms with E-state index in [9.17, 15) is 19.8 Å². The van der Waals surface area contributed by atoms with Crippen molar-refractivity contribution >= 4 is 11.8 Å². The smallest absolute Gasteiger partial charge is 0.272 e. The first kappa shape index (κ1) is 17.7. The topological polar surface area (TPSA) is 94.0 Å². The molecule has 4 saturated carbocycles. The van der Waals surface area contributed by atoms with Crippen LogP contribution in [0.1, 0.15) is 46.7 Å². The zero-order valence-corrected chi connectivity index (χ0v) is 16.8. The highest BCUT2D eigenvalue weighted by atomic mass is 16.3. The van der Waals surface area contributed by atoms with E-state index < -0.39 is 12.2 Å². The van der Waals surface area contributed by atoms with Gasteiger partial charge in [-0.15, -0.1) is 0 Å². The molecule has 30 heavy (non-hydrogen) atoms. The summed E-state index contributed by atoms with van der Waals surface area (Å²) in [6.45, 7) is 1.37. The maximum absolute atomic E-state index is 13.3. The van der Waals surface area contributed by atoms with E-state index in [1.54, 1.807) is 18.2 Å². The van der Waals surface area contributed by atoms with Crippen molar-refractivity contribution in [2.24, 2.45) is 35.5 Å². The summed E-state index contributed by atoms with van der Waals surface area (Å²) in [5.74, 6) is 2.12. The molecule has 2 saturated heterocycles. The van der Waals surface area contributed by atoms with Gasteiger partial charge in [0.2, 0.25) is 0 Å². The number of aromatic nitrogens is 1. The van der Waals surface area contributed by atoms with Crippen LogP contribution in [0.4, 0.5) is 0 Å². The fraction of sp³-hybridized carbons (Fsp3) is 0.696. The van der Waals surface area contributed by atoms with Crippen molar-refractivity contribution in [3.63, 3.8) is 0 Å². The van der Waals surface area contributed by atoms with Gasteiger partial charge in [-0.05, 0) is 73.3 Å². The molecule has 10 unspecified atom stereocenters. The zero-order chi connectivity index (χ0) is 20.3. The third kappa shape index (κ3) is 2.10. The molecule has 158 valence electrons. The number of carbonyl (C=O) groups is 2. The molecular weight excluding hydrogens is 382 g/mol. The number of likely N-dealkylation sites (tertiary alicyclic amines) is 2. The van der Waals surface area contributed by atoms with Gasteiger partial charge in [-0.3, -0.25) is 9.59 Å². The molecule has 1 aromatic heterocycles. The van der Waals surface area contributed by atoms with E-state index in [4.69, 9.17) is 0 Å².